The van der Waals surface area contributed by atoms with Crippen LogP contribution in [0, 0.1) is 6.57 Å². The number of halogens is 1. The maximum atomic E-state index is 7.69. The summed E-state index contributed by atoms with van der Waals surface area (Å²) in [4.78, 5) is 17.1. The van der Waals surface area contributed by atoms with E-state index < -0.39 is 0 Å². The van der Waals surface area contributed by atoms with Crippen molar-refractivity contribution < 1.29 is 4.42 Å². The van der Waals surface area contributed by atoms with Crippen molar-refractivity contribution in [3.8, 4) is 33.9 Å². The van der Waals surface area contributed by atoms with Crippen LogP contribution < -0.4 is 0 Å². The van der Waals surface area contributed by atoms with Crippen molar-refractivity contribution in [3.05, 3.63) is 108 Å². The maximum absolute atomic E-state index is 7.69. The van der Waals surface area contributed by atoms with Gasteiger partial charge in [-0.25, -0.2) is 9.83 Å². The molecule has 2 aromatic heterocycles. The van der Waals surface area contributed by atoms with Crippen LogP contribution in [-0.2, 0) is 0 Å². The van der Waals surface area contributed by atoms with E-state index in [2.05, 4.69) is 38.0 Å². The van der Waals surface area contributed by atoms with Gasteiger partial charge in [0.05, 0.1) is 12.1 Å². The van der Waals surface area contributed by atoms with Crippen molar-refractivity contribution in [2.75, 3.05) is 0 Å². The van der Waals surface area contributed by atoms with E-state index in [-0.39, 0.29) is 5.28 Å². The molecule has 2 heterocycles. The van der Waals surface area contributed by atoms with Crippen molar-refractivity contribution in [3.63, 3.8) is 0 Å². The fraction of sp³-hybridized carbons (Fsp3) is 0. The minimum Gasteiger partial charge on any atom is -0.455 e. The van der Waals surface area contributed by atoms with Gasteiger partial charge in [-0.1, -0.05) is 72.8 Å². The van der Waals surface area contributed by atoms with Crippen LogP contribution in [0.5, 0.6) is 0 Å². The first-order valence-corrected chi connectivity index (χ1v) is 11.0. The molecule has 5 nitrogen and oxygen atoms in total. The van der Waals surface area contributed by atoms with E-state index in [1.165, 1.54) is 0 Å². The van der Waals surface area contributed by atoms with Crippen LogP contribution in [0.4, 0.5) is 5.69 Å². The molecule has 4 aromatic carbocycles. The number of hydrogen-bond acceptors (Lipinski definition) is 4. The largest absolute Gasteiger partial charge is 0.455 e. The SMILES string of the molecule is [C-]#[N+]c1cc(-c2nc(Cl)nc(-c3ccccc3)n2)c2oc3cccc(-c4ccccc4)c3c2c1. The lowest BCUT2D eigenvalue weighted by molar-refractivity contribution is 0.669. The second-order valence-corrected chi connectivity index (χ2v) is 8.08. The van der Waals surface area contributed by atoms with Crippen molar-refractivity contribution in [1.29, 1.82) is 0 Å². The molecule has 0 unspecified atom stereocenters. The van der Waals surface area contributed by atoms with Gasteiger partial charge < -0.3 is 4.42 Å². The van der Waals surface area contributed by atoms with E-state index in [0.717, 1.165) is 33.0 Å². The molecule has 0 saturated carbocycles. The van der Waals surface area contributed by atoms with Gasteiger partial charge in [-0.3, -0.25) is 0 Å². The molecule has 0 aliphatic rings. The quantitative estimate of drug-likeness (QED) is 0.252. The molecule has 0 atom stereocenters. The molecule has 0 aliphatic carbocycles. The van der Waals surface area contributed by atoms with Crippen LogP contribution in [-0.4, -0.2) is 15.0 Å². The van der Waals surface area contributed by atoms with E-state index in [1.54, 1.807) is 6.07 Å². The molecular weight excluding hydrogens is 444 g/mol. The first-order chi connectivity index (χ1) is 16.7. The zero-order valence-corrected chi connectivity index (χ0v) is 18.5. The molecule has 0 aliphatic heterocycles. The summed E-state index contributed by atoms with van der Waals surface area (Å²) in [6.45, 7) is 7.69. The van der Waals surface area contributed by atoms with Gasteiger partial charge in [0.25, 0.3) is 0 Å². The van der Waals surface area contributed by atoms with E-state index in [9.17, 15) is 0 Å². The first-order valence-electron chi connectivity index (χ1n) is 10.6. The average molecular weight is 459 g/mol. The number of rotatable bonds is 3. The summed E-state index contributed by atoms with van der Waals surface area (Å²) in [5, 5.41) is 1.85. The molecule has 34 heavy (non-hydrogen) atoms. The Labute approximate surface area is 200 Å². The summed E-state index contributed by atoms with van der Waals surface area (Å²) in [6.07, 6.45) is 0. The molecule has 6 rings (SSSR count). The molecule has 0 bridgehead atoms. The molecule has 0 saturated heterocycles. The Morgan fingerprint density at radius 1 is 0.706 bits per heavy atom. The summed E-state index contributed by atoms with van der Waals surface area (Å²) < 4.78 is 6.34. The molecule has 0 amide bonds. The molecule has 0 radical (unpaired) electrons. The van der Waals surface area contributed by atoms with E-state index >= 15 is 0 Å². The third-order valence-corrected chi connectivity index (χ3v) is 5.85. The maximum Gasteiger partial charge on any atom is 0.226 e. The number of aromatic nitrogens is 3. The monoisotopic (exact) mass is 458 g/mol. The smallest absolute Gasteiger partial charge is 0.226 e. The molecule has 0 fully saturated rings. The molecule has 6 aromatic rings. The van der Waals surface area contributed by atoms with Crippen molar-refractivity contribution in [2.24, 2.45) is 0 Å². The second kappa shape index (κ2) is 8.11. The number of fused-ring (bicyclic) bond motifs is 3. The molecule has 160 valence electrons. The Kier molecular flexibility index (Phi) is 4.80. The number of nitrogens with zero attached hydrogens (tertiary/aromatic N) is 4. The van der Waals surface area contributed by atoms with Gasteiger partial charge in [-0.05, 0) is 40.9 Å². The first kappa shape index (κ1) is 20.1. The summed E-state index contributed by atoms with van der Waals surface area (Å²) in [5.41, 5.74) is 5.31. The van der Waals surface area contributed by atoms with E-state index in [4.69, 9.17) is 22.6 Å². The summed E-state index contributed by atoms with van der Waals surface area (Å²) in [7, 11) is 0. The minimum atomic E-state index is 0.0753. The van der Waals surface area contributed by atoms with Crippen LogP contribution in [0.25, 0.3) is 60.7 Å². The van der Waals surface area contributed by atoms with Gasteiger partial charge in [0.15, 0.2) is 17.3 Å². The zero-order chi connectivity index (χ0) is 23.1. The third kappa shape index (κ3) is 3.38. The van der Waals surface area contributed by atoms with Crippen molar-refractivity contribution in [2.45, 2.75) is 0 Å². The Morgan fingerprint density at radius 2 is 1.41 bits per heavy atom. The zero-order valence-electron chi connectivity index (χ0n) is 17.7. The summed E-state index contributed by atoms with van der Waals surface area (Å²) in [6, 6.07) is 29.2. The highest BCUT2D eigenvalue weighted by Gasteiger charge is 2.20. The fourth-order valence-corrected chi connectivity index (χ4v) is 4.35. The normalized spacial score (nSPS) is 11.1. The summed E-state index contributed by atoms with van der Waals surface area (Å²) in [5.74, 6) is 0.813. The Hall–Kier alpha value is -4.53. The van der Waals surface area contributed by atoms with Gasteiger partial charge in [-0.15, -0.1) is 0 Å². The number of hydrogen-bond donors (Lipinski definition) is 0. The van der Waals surface area contributed by atoms with Gasteiger partial charge >= 0.3 is 0 Å². The van der Waals surface area contributed by atoms with Gasteiger partial charge in [0.2, 0.25) is 5.28 Å². The number of furan rings is 1. The lowest BCUT2D eigenvalue weighted by Crippen LogP contribution is -1.97. The van der Waals surface area contributed by atoms with E-state index in [1.807, 2.05) is 66.7 Å². The van der Waals surface area contributed by atoms with Crippen molar-refractivity contribution in [1.82, 2.24) is 15.0 Å². The molecular formula is C28H15ClN4O. The van der Waals surface area contributed by atoms with E-state index in [0.29, 0.717) is 28.5 Å². The highest BCUT2D eigenvalue weighted by atomic mass is 35.5. The molecule has 0 N–H and O–H groups in total. The Bertz CT molecular complexity index is 1720. The van der Waals surface area contributed by atoms with Crippen molar-refractivity contribution >= 4 is 39.2 Å². The lowest BCUT2D eigenvalue weighted by atomic mass is 9.98. The molecule has 0 spiro atoms. The van der Waals surface area contributed by atoms with Gasteiger partial charge in [0, 0.05) is 16.3 Å². The van der Waals surface area contributed by atoms with Gasteiger partial charge in [-0.2, -0.15) is 9.97 Å². The standard InChI is InChI=1S/C28H15ClN4O/c1-30-19-15-21-24-20(17-9-4-2-5-10-17)13-8-14-23(24)34-25(21)22(16-19)27-31-26(32-28(29)33-27)18-11-6-3-7-12-18/h2-16H. The van der Waals surface area contributed by atoms with Crippen LogP contribution >= 0.6 is 11.6 Å². The average Bonchev–Trinajstić information content (AvgIpc) is 3.27. The fourth-order valence-electron chi connectivity index (χ4n) is 4.19. The van der Waals surface area contributed by atoms with Crippen LogP contribution in [0.1, 0.15) is 0 Å². The second-order valence-electron chi connectivity index (χ2n) is 7.75. The highest BCUT2D eigenvalue weighted by molar-refractivity contribution is 6.28. The van der Waals surface area contributed by atoms with Crippen LogP contribution in [0.2, 0.25) is 5.28 Å². The lowest BCUT2D eigenvalue weighted by Gasteiger charge is -2.07. The van der Waals surface area contributed by atoms with Crippen LogP contribution in [0.3, 0.4) is 0 Å². The predicted octanol–water partition coefficient (Wildman–Crippen LogP) is 7.98. The predicted molar refractivity (Wildman–Crippen MR) is 135 cm³/mol. The topological polar surface area (TPSA) is 56.2 Å². The minimum absolute atomic E-state index is 0.0753. The highest BCUT2D eigenvalue weighted by Crippen LogP contribution is 2.42. The third-order valence-electron chi connectivity index (χ3n) is 5.68. The summed E-state index contributed by atoms with van der Waals surface area (Å²) >= 11 is 6.31. The van der Waals surface area contributed by atoms with Crippen LogP contribution in [0.15, 0.2) is 95.4 Å². The Morgan fingerprint density at radius 3 is 2.15 bits per heavy atom. The molecule has 6 heteroatoms. The number of benzene rings is 4. The Balaban J connectivity index is 1.66. The van der Waals surface area contributed by atoms with Gasteiger partial charge in [0.1, 0.15) is 11.2 Å².